The van der Waals surface area contributed by atoms with E-state index >= 15 is 0 Å². The molecule has 0 saturated heterocycles. The fourth-order valence-electron chi connectivity index (χ4n) is 7.79. The molecule has 10 aromatic rings. The second-order valence-corrected chi connectivity index (χ2v) is 11.9. The third-order valence-corrected chi connectivity index (χ3v) is 9.58. The zero-order valence-corrected chi connectivity index (χ0v) is 22.3. The van der Waals surface area contributed by atoms with Crippen molar-refractivity contribution in [3.8, 4) is 11.1 Å². The van der Waals surface area contributed by atoms with Gasteiger partial charge in [0, 0.05) is 27.8 Å². The van der Waals surface area contributed by atoms with Crippen LogP contribution in [0.3, 0.4) is 0 Å². The van der Waals surface area contributed by atoms with Crippen molar-refractivity contribution in [2.24, 2.45) is 0 Å². The number of aromatic nitrogens is 5. The van der Waals surface area contributed by atoms with Crippen LogP contribution in [0.2, 0.25) is 0 Å². The second-order valence-electron chi connectivity index (χ2n) is 11.9. The molecule has 0 atom stereocenters. The first kappa shape index (κ1) is 20.5. The van der Waals surface area contributed by atoms with E-state index in [1.165, 1.54) is 27.8 Å². The van der Waals surface area contributed by atoms with E-state index in [4.69, 9.17) is 14.4 Å². The van der Waals surface area contributed by atoms with E-state index in [2.05, 4.69) is 106 Å². The van der Waals surface area contributed by atoms with Gasteiger partial charge < -0.3 is 4.42 Å². The van der Waals surface area contributed by atoms with E-state index in [1.54, 1.807) is 0 Å². The third-order valence-electron chi connectivity index (χ3n) is 9.58. The molecule has 0 amide bonds. The van der Waals surface area contributed by atoms with Crippen molar-refractivity contribution in [3.05, 3.63) is 102 Å². The van der Waals surface area contributed by atoms with E-state index in [-0.39, 0.29) is 5.41 Å². The number of fused-ring (bicyclic) bond motifs is 17. The molecule has 0 aliphatic heterocycles. The maximum absolute atomic E-state index is 6.26. The van der Waals surface area contributed by atoms with Crippen LogP contribution in [0, 0.1) is 0 Å². The maximum atomic E-state index is 6.26. The SMILES string of the molecule is CC1(C)c2ccccc2-c2c1ccc1nc3n(c4cccc5c4n3c3nc4cc6c(cc4n53)oc3ccccc36)c21. The quantitative estimate of drug-likeness (QED) is 0.199. The molecule has 5 aromatic heterocycles. The van der Waals surface area contributed by atoms with Gasteiger partial charge in [-0.3, -0.25) is 8.80 Å². The van der Waals surface area contributed by atoms with Crippen LogP contribution in [-0.4, -0.2) is 23.2 Å². The van der Waals surface area contributed by atoms with Gasteiger partial charge >= 0.3 is 0 Å². The summed E-state index contributed by atoms with van der Waals surface area (Å²) in [6.07, 6.45) is 0. The van der Waals surface area contributed by atoms with Crippen LogP contribution in [0.25, 0.3) is 83.2 Å². The fraction of sp³-hybridized carbons (Fsp3) is 0.0857. The van der Waals surface area contributed by atoms with Gasteiger partial charge in [0.15, 0.2) is 0 Å². The third kappa shape index (κ3) is 2.13. The number of imidazole rings is 4. The van der Waals surface area contributed by atoms with Crippen molar-refractivity contribution >= 4 is 72.1 Å². The van der Waals surface area contributed by atoms with E-state index in [1.807, 2.05) is 12.1 Å². The Kier molecular flexibility index (Phi) is 3.17. The van der Waals surface area contributed by atoms with Gasteiger partial charge in [-0.25, -0.2) is 14.4 Å². The first-order valence-electron chi connectivity index (χ1n) is 14.0. The molecule has 5 heterocycles. The highest BCUT2D eigenvalue weighted by Gasteiger charge is 2.37. The summed E-state index contributed by atoms with van der Waals surface area (Å²) >= 11 is 0. The van der Waals surface area contributed by atoms with Gasteiger partial charge in [-0.15, -0.1) is 0 Å². The highest BCUT2D eigenvalue weighted by molar-refractivity contribution is 6.11. The standard InChI is InChI=1S/C35H21N5O/c1-35(2)21-10-5-3-9-19(21)30-22(35)14-15-23-31(30)39-26-12-7-11-25-32(26)40(34(39)36-23)33-37-24-16-20-18-8-4-6-13-28(18)41-29(20)17-27(24)38(25)33/h3-17H,1-2H3. The van der Waals surface area contributed by atoms with Crippen molar-refractivity contribution < 1.29 is 4.42 Å². The van der Waals surface area contributed by atoms with Gasteiger partial charge in [-0.2, -0.15) is 0 Å². The summed E-state index contributed by atoms with van der Waals surface area (Å²) in [6.45, 7) is 4.65. The molecular formula is C35H21N5O. The second kappa shape index (κ2) is 6.34. The van der Waals surface area contributed by atoms with Gasteiger partial charge in [-0.05, 0) is 47.0 Å². The predicted octanol–water partition coefficient (Wildman–Crippen LogP) is 8.34. The van der Waals surface area contributed by atoms with Crippen LogP contribution in [0.15, 0.2) is 95.4 Å². The summed E-state index contributed by atoms with van der Waals surface area (Å²) in [6, 6.07) is 32.3. The highest BCUT2D eigenvalue weighted by Crippen LogP contribution is 2.51. The average Bonchev–Trinajstić information content (AvgIpc) is 3.79. The van der Waals surface area contributed by atoms with Crippen LogP contribution >= 0.6 is 0 Å². The first-order chi connectivity index (χ1) is 20.1. The van der Waals surface area contributed by atoms with Crippen LogP contribution in [-0.2, 0) is 5.41 Å². The highest BCUT2D eigenvalue weighted by atomic mass is 16.3. The maximum Gasteiger partial charge on any atom is 0.223 e. The number of furan rings is 1. The molecular weight excluding hydrogens is 506 g/mol. The molecule has 11 rings (SSSR count). The summed E-state index contributed by atoms with van der Waals surface area (Å²) in [5, 5.41) is 2.20. The summed E-state index contributed by atoms with van der Waals surface area (Å²) in [5.41, 5.74) is 14.6. The lowest BCUT2D eigenvalue weighted by molar-refractivity contribution is 0.661. The van der Waals surface area contributed by atoms with Crippen molar-refractivity contribution in [1.29, 1.82) is 0 Å². The average molecular weight is 528 g/mol. The zero-order chi connectivity index (χ0) is 26.8. The van der Waals surface area contributed by atoms with E-state index < -0.39 is 0 Å². The molecule has 1 aliphatic carbocycles. The Bertz CT molecular complexity index is 2780. The topological polar surface area (TPSA) is 52.2 Å². The van der Waals surface area contributed by atoms with Crippen molar-refractivity contribution in [2.45, 2.75) is 19.3 Å². The molecule has 0 radical (unpaired) electrons. The molecule has 0 N–H and O–H groups in total. The summed E-state index contributed by atoms with van der Waals surface area (Å²) < 4.78 is 13.1. The lowest BCUT2D eigenvalue weighted by atomic mass is 9.82. The normalized spacial score (nSPS) is 14.8. The van der Waals surface area contributed by atoms with Crippen LogP contribution in [0.4, 0.5) is 0 Å². The van der Waals surface area contributed by atoms with Gasteiger partial charge in [0.25, 0.3) is 0 Å². The van der Waals surface area contributed by atoms with E-state index in [9.17, 15) is 0 Å². The molecule has 41 heavy (non-hydrogen) atoms. The number of hydrogen-bond donors (Lipinski definition) is 0. The summed E-state index contributed by atoms with van der Waals surface area (Å²) in [7, 11) is 0. The molecule has 0 bridgehead atoms. The van der Waals surface area contributed by atoms with Crippen molar-refractivity contribution in [2.75, 3.05) is 0 Å². The minimum absolute atomic E-state index is 0.0695. The monoisotopic (exact) mass is 527 g/mol. The van der Waals surface area contributed by atoms with Gasteiger partial charge in [0.1, 0.15) is 16.7 Å². The number of para-hydroxylation sites is 2. The number of nitrogens with zero attached hydrogens (tertiary/aromatic N) is 5. The lowest BCUT2D eigenvalue weighted by Crippen LogP contribution is -2.14. The van der Waals surface area contributed by atoms with Gasteiger partial charge in [0.05, 0.1) is 33.1 Å². The van der Waals surface area contributed by atoms with Crippen LogP contribution < -0.4 is 0 Å². The first-order valence-corrected chi connectivity index (χ1v) is 14.0. The summed E-state index contributed by atoms with van der Waals surface area (Å²) in [4.78, 5) is 10.5. The van der Waals surface area contributed by atoms with E-state index in [0.29, 0.717) is 0 Å². The minimum Gasteiger partial charge on any atom is -0.456 e. The smallest absolute Gasteiger partial charge is 0.223 e. The number of hydrogen-bond acceptors (Lipinski definition) is 3. The lowest BCUT2D eigenvalue weighted by Gasteiger charge is -2.21. The Balaban J connectivity index is 1.33. The zero-order valence-electron chi connectivity index (χ0n) is 22.3. The molecule has 192 valence electrons. The molecule has 5 aromatic carbocycles. The van der Waals surface area contributed by atoms with Crippen LogP contribution in [0.1, 0.15) is 25.0 Å². The fourth-order valence-corrected chi connectivity index (χ4v) is 7.79. The molecule has 0 spiro atoms. The number of benzene rings is 5. The summed E-state index contributed by atoms with van der Waals surface area (Å²) in [5.74, 6) is 1.76. The van der Waals surface area contributed by atoms with Crippen molar-refractivity contribution in [1.82, 2.24) is 23.2 Å². The van der Waals surface area contributed by atoms with Crippen LogP contribution in [0.5, 0.6) is 0 Å². The van der Waals surface area contributed by atoms with Gasteiger partial charge in [-0.1, -0.05) is 68.4 Å². The largest absolute Gasteiger partial charge is 0.456 e. The molecule has 6 nitrogen and oxygen atoms in total. The predicted molar refractivity (Wildman–Crippen MR) is 163 cm³/mol. The Hall–Kier alpha value is -5.36. The molecule has 0 unspecified atom stereocenters. The molecule has 0 fully saturated rings. The Morgan fingerprint density at radius 2 is 1.37 bits per heavy atom. The molecule has 6 heteroatoms. The van der Waals surface area contributed by atoms with E-state index in [0.717, 1.165) is 66.6 Å². The Labute approximate surface area is 232 Å². The molecule has 1 aliphatic rings. The Morgan fingerprint density at radius 1 is 0.585 bits per heavy atom. The Morgan fingerprint density at radius 3 is 2.29 bits per heavy atom. The minimum atomic E-state index is -0.0695. The van der Waals surface area contributed by atoms with Gasteiger partial charge in [0.2, 0.25) is 11.6 Å². The van der Waals surface area contributed by atoms with Crippen molar-refractivity contribution in [3.63, 3.8) is 0 Å². The number of rotatable bonds is 0. The molecule has 0 saturated carbocycles.